The summed E-state index contributed by atoms with van der Waals surface area (Å²) in [6, 6.07) is 0.434. The van der Waals surface area contributed by atoms with Crippen molar-refractivity contribution in [3.63, 3.8) is 0 Å². The summed E-state index contributed by atoms with van der Waals surface area (Å²) in [6.45, 7) is 14.4. The summed E-state index contributed by atoms with van der Waals surface area (Å²) in [7, 11) is 0. The number of rotatable bonds is 6. The van der Waals surface area contributed by atoms with Crippen LogP contribution in [-0.2, 0) is 4.79 Å². The lowest BCUT2D eigenvalue weighted by atomic mass is 9.44. The van der Waals surface area contributed by atoms with Crippen molar-refractivity contribution in [3.05, 3.63) is 0 Å². The highest BCUT2D eigenvalue weighted by Gasteiger charge is 2.60. The van der Waals surface area contributed by atoms with Crippen molar-refractivity contribution >= 4 is 5.91 Å². The first-order valence-electron chi connectivity index (χ1n) is 13.9. The van der Waals surface area contributed by atoms with Crippen molar-refractivity contribution in [2.45, 2.75) is 125 Å². The highest BCUT2D eigenvalue weighted by atomic mass is 16.1. The van der Waals surface area contributed by atoms with E-state index in [0.717, 1.165) is 41.4 Å². The first-order chi connectivity index (χ1) is 14.6. The van der Waals surface area contributed by atoms with Gasteiger partial charge in [-0.2, -0.15) is 0 Å². The van der Waals surface area contributed by atoms with Crippen molar-refractivity contribution < 1.29 is 4.79 Å². The fourth-order valence-corrected chi connectivity index (χ4v) is 9.70. The van der Waals surface area contributed by atoms with E-state index in [1.807, 2.05) is 0 Å². The predicted octanol–water partition coefficient (Wildman–Crippen LogP) is 7.61. The lowest BCUT2D eigenvalue weighted by Gasteiger charge is -2.61. The van der Waals surface area contributed by atoms with Crippen molar-refractivity contribution in [2.24, 2.45) is 52.3 Å². The zero-order chi connectivity index (χ0) is 22.4. The maximum absolute atomic E-state index is 11.6. The van der Waals surface area contributed by atoms with Crippen LogP contribution in [0.2, 0.25) is 0 Å². The maximum atomic E-state index is 11.6. The van der Waals surface area contributed by atoms with E-state index < -0.39 is 0 Å². The fraction of sp³-hybridized carbons (Fsp3) is 0.966. The second kappa shape index (κ2) is 9.02. The number of carbonyl (C=O) groups excluding carboxylic acids is 1. The minimum absolute atomic E-state index is 0.162. The molecule has 0 aromatic rings. The second-order valence-electron chi connectivity index (χ2n) is 13.4. The van der Waals surface area contributed by atoms with Crippen LogP contribution in [0.3, 0.4) is 0 Å². The number of nitrogens with one attached hydrogen (secondary N) is 1. The number of hydrogen-bond acceptors (Lipinski definition) is 1. The van der Waals surface area contributed by atoms with Gasteiger partial charge in [-0.25, -0.2) is 0 Å². The lowest BCUT2D eigenvalue weighted by molar-refractivity contribution is -0.126. The van der Waals surface area contributed by atoms with E-state index >= 15 is 0 Å². The number of amides is 1. The van der Waals surface area contributed by atoms with Gasteiger partial charge in [0.2, 0.25) is 5.91 Å². The maximum Gasteiger partial charge on any atom is 0.217 e. The fourth-order valence-electron chi connectivity index (χ4n) is 9.70. The number of hydrogen-bond donors (Lipinski definition) is 1. The zero-order valence-electron chi connectivity index (χ0n) is 21.5. The Balaban J connectivity index is 1.43. The van der Waals surface area contributed by atoms with Gasteiger partial charge >= 0.3 is 0 Å². The molecule has 0 aliphatic heterocycles. The van der Waals surface area contributed by atoms with E-state index in [1.165, 1.54) is 77.0 Å². The Bertz CT molecular complexity index is 643. The highest BCUT2D eigenvalue weighted by Crippen LogP contribution is 2.68. The summed E-state index contributed by atoms with van der Waals surface area (Å²) < 4.78 is 0. The van der Waals surface area contributed by atoms with Gasteiger partial charge in [0, 0.05) is 13.0 Å². The third kappa shape index (κ3) is 4.35. The first-order valence-corrected chi connectivity index (χ1v) is 13.9. The normalized spacial score (nSPS) is 45.5. The van der Waals surface area contributed by atoms with Crippen LogP contribution in [0.4, 0.5) is 0 Å². The summed E-state index contributed by atoms with van der Waals surface area (Å²) in [4.78, 5) is 11.6. The van der Waals surface area contributed by atoms with Crippen LogP contribution >= 0.6 is 0 Å². The molecule has 4 aliphatic rings. The molecule has 0 unspecified atom stereocenters. The Labute approximate surface area is 193 Å². The van der Waals surface area contributed by atoms with E-state index in [4.69, 9.17) is 0 Å². The van der Waals surface area contributed by atoms with Crippen LogP contribution in [0.1, 0.15) is 119 Å². The molecule has 4 fully saturated rings. The van der Waals surface area contributed by atoms with Gasteiger partial charge in [0.05, 0.1) is 0 Å². The van der Waals surface area contributed by atoms with Gasteiger partial charge in [0.25, 0.3) is 0 Å². The monoisotopic (exact) mass is 429 g/mol. The Hall–Kier alpha value is -0.530. The summed E-state index contributed by atoms with van der Waals surface area (Å²) >= 11 is 0. The Kier molecular flexibility index (Phi) is 6.87. The molecule has 0 heterocycles. The molecule has 9 atom stereocenters. The molecule has 2 heteroatoms. The summed E-state index contributed by atoms with van der Waals surface area (Å²) in [5, 5.41) is 3.25. The minimum atomic E-state index is 0.162. The van der Waals surface area contributed by atoms with Gasteiger partial charge in [0.15, 0.2) is 0 Å². The molecule has 0 aromatic heterocycles. The van der Waals surface area contributed by atoms with E-state index in [-0.39, 0.29) is 5.91 Å². The highest BCUT2D eigenvalue weighted by molar-refractivity contribution is 5.73. The van der Waals surface area contributed by atoms with Gasteiger partial charge in [0.1, 0.15) is 0 Å². The second-order valence-corrected chi connectivity index (χ2v) is 13.4. The number of fused-ring (bicyclic) bond motifs is 5. The zero-order valence-corrected chi connectivity index (χ0v) is 21.5. The Morgan fingerprint density at radius 3 is 2.32 bits per heavy atom. The SMILES string of the molecule is CC(=O)N[C@H]1CC[C@@]2(C)[C@@H](CC[C@H]3[C@H]2CC[C@]2(C)[C@@H]([C@@H](C)CCCC(C)C)CC[C@@H]32)C1. The minimum Gasteiger partial charge on any atom is -0.354 e. The van der Waals surface area contributed by atoms with Gasteiger partial charge in [-0.15, -0.1) is 0 Å². The molecule has 31 heavy (non-hydrogen) atoms. The Morgan fingerprint density at radius 1 is 0.903 bits per heavy atom. The molecular weight excluding hydrogens is 378 g/mol. The summed E-state index contributed by atoms with van der Waals surface area (Å²) in [5.41, 5.74) is 1.13. The molecule has 2 nitrogen and oxygen atoms in total. The topological polar surface area (TPSA) is 29.1 Å². The molecule has 1 amide bonds. The lowest BCUT2D eigenvalue weighted by Crippen LogP contribution is -2.55. The van der Waals surface area contributed by atoms with Crippen LogP contribution in [0.15, 0.2) is 0 Å². The largest absolute Gasteiger partial charge is 0.354 e. The van der Waals surface area contributed by atoms with Crippen LogP contribution in [0.5, 0.6) is 0 Å². The molecule has 0 bridgehead atoms. The van der Waals surface area contributed by atoms with Crippen LogP contribution < -0.4 is 5.32 Å². The third-order valence-corrected chi connectivity index (χ3v) is 11.3. The van der Waals surface area contributed by atoms with E-state index in [9.17, 15) is 4.79 Å². The van der Waals surface area contributed by atoms with E-state index in [2.05, 4.69) is 39.9 Å². The van der Waals surface area contributed by atoms with Crippen molar-refractivity contribution in [1.29, 1.82) is 0 Å². The molecule has 178 valence electrons. The standard InChI is InChI=1S/C29H51NO/c1-19(2)8-7-9-20(3)25-12-13-26-24-11-10-22-18-23(30-21(4)31)14-16-28(22,5)27(24)15-17-29(25,26)6/h19-20,22-27H,7-18H2,1-6H3,(H,30,31)/t20-,22-,23-,24+,25+,26-,27+,28-,29+/m0/s1. The van der Waals surface area contributed by atoms with Crippen LogP contribution in [0, 0.1) is 52.3 Å². The van der Waals surface area contributed by atoms with Crippen molar-refractivity contribution in [2.75, 3.05) is 0 Å². The smallest absolute Gasteiger partial charge is 0.217 e. The average molecular weight is 430 g/mol. The predicted molar refractivity (Wildman–Crippen MR) is 131 cm³/mol. The number of carbonyl (C=O) groups is 1. The molecule has 4 rings (SSSR count). The third-order valence-electron chi connectivity index (χ3n) is 11.3. The molecule has 4 aliphatic carbocycles. The summed E-state index contributed by atoms with van der Waals surface area (Å²) in [5.74, 6) is 6.62. The van der Waals surface area contributed by atoms with Gasteiger partial charge in [-0.1, -0.05) is 53.9 Å². The van der Waals surface area contributed by atoms with E-state index in [0.29, 0.717) is 16.9 Å². The van der Waals surface area contributed by atoms with Gasteiger partial charge in [-0.3, -0.25) is 4.79 Å². The first kappa shape index (κ1) is 23.6. The molecular formula is C29H51NO. The average Bonchev–Trinajstić information content (AvgIpc) is 3.05. The Morgan fingerprint density at radius 2 is 1.61 bits per heavy atom. The molecule has 0 spiro atoms. The van der Waals surface area contributed by atoms with Gasteiger partial charge < -0.3 is 5.32 Å². The van der Waals surface area contributed by atoms with Crippen molar-refractivity contribution in [3.8, 4) is 0 Å². The quantitative estimate of drug-likeness (QED) is 0.462. The van der Waals surface area contributed by atoms with E-state index in [1.54, 1.807) is 6.92 Å². The van der Waals surface area contributed by atoms with Crippen LogP contribution in [-0.4, -0.2) is 11.9 Å². The molecule has 0 aromatic carbocycles. The molecule has 1 N–H and O–H groups in total. The molecule has 4 saturated carbocycles. The molecule has 0 saturated heterocycles. The summed E-state index contributed by atoms with van der Waals surface area (Å²) in [6.07, 6.45) is 16.9. The van der Waals surface area contributed by atoms with Gasteiger partial charge in [-0.05, 0) is 110 Å². The van der Waals surface area contributed by atoms with Crippen LogP contribution in [0.25, 0.3) is 0 Å². The molecule has 0 radical (unpaired) electrons. The van der Waals surface area contributed by atoms with Crippen molar-refractivity contribution in [1.82, 2.24) is 5.32 Å².